The second-order valence-corrected chi connectivity index (χ2v) is 13.6. The Bertz CT molecular complexity index is 2410. The van der Waals surface area contributed by atoms with Crippen molar-refractivity contribution < 1.29 is 42.1 Å². The molecule has 0 saturated carbocycles. The molecule has 1 aliphatic heterocycles. The van der Waals surface area contributed by atoms with Crippen LogP contribution in [0, 0.1) is 11.6 Å². The third-order valence-electron chi connectivity index (χ3n) is 7.99. The minimum absolute atomic E-state index is 0.0126. The van der Waals surface area contributed by atoms with Crippen LogP contribution in [0.15, 0.2) is 121 Å². The molecule has 1 aliphatic rings. The van der Waals surface area contributed by atoms with Gasteiger partial charge in [-0.25, -0.2) is 8.78 Å². The van der Waals surface area contributed by atoms with Gasteiger partial charge in [0.25, 0.3) is 11.8 Å². The molecule has 6 aromatic carbocycles. The molecule has 1 saturated heterocycles. The van der Waals surface area contributed by atoms with Gasteiger partial charge in [0, 0.05) is 45.8 Å². The first-order valence-corrected chi connectivity index (χ1v) is 18.3. The highest BCUT2D eigenvalue weighted by molar-refractivity contribution is 6.42. The number of ether oxygens (including phenoxy) is 4. The summed E-state index contributed by atoms with van der Waals surface area (Å²) < 4.78 is 50.7. The van der Waals surface area contributed by atoms with Crippen molar-refractivity contribution in [2.75, 3.05) is 23.8 Å². The van der Waals surface area contributed by atoms with Crippen LogP contribution in [0.25, 0.3) is 0 Å². The summed E-state index contributed by atoms with van der Waals surface area (Å²) >= 11 is 23.5. The molecule has 0 bridgehead atoms. The van der Waals surface area contributed by atoms with Crippen molar-refractivity contribution in [1.29, 1.82) is 0 Å². The molecule has 15 heteroatoms. The van der Waals surface area contributed by atoms with Gasteiger partial charge in [-0.05, 0) is 97.1 Å². The number of nitrogens with one attached hydrogen (secondary N) is 2. The van der Waals surface area contributed by atoms with Crippen LogP contribution in [0.3, 0.4) is 0 Å². The minimum Gasteiger partial charge on any atom is -0.454 e. The van der Waals surface area contributed by atoms with E-state index in [0.717, 1.165) is 11.6 Å². The van der Waals surface area contributed by atoms with E-state index in [1.807, 2.05) is 0 Å². The van der Waals surface area contributed by atoms with Crippen molar-refractivity contribution in [3.63, 3.8) is 0 Å². The molecule has 0 atom stereocenters. The number of carbonyl (C=O) groups is 3. The summed E-state index contributed by atoms with van der Waals surface area (Å²) in [4.78, 5) is 35.2. The van der Waals surface area contributed by atoms with Crippen molar-refractivity contribution in [1.82, 2.24) is 0 Å². The van der Waals surface area contributed by atoms with E-state index in [1.54, 1.807) is 54.6 Å². The van der Waals surface area contributed by atoms with E-state index in [1.165, 1.54) is 60.7 Å². The van der Waals surface area contributed by atoms with Crippen LogP contribution >= 0.6 is 46.4 Å². The first kappa shape index (κ1) is 41.1. The Balaban J connectivity index is 0.000000194. The summed E-state index contributed by atoms with van der Waals surface area (Å²) in [5.41, 5.74) is 2.48. The molecular formula is C42H28Cl4F2N2O7. The summed E-state index contributed by atoms with van der Waals surface area (Å²) in [7, 11) is 0. The highest BCUT2D eigenvalue weighted by atomic mass is 35.5. The summed E-state index contributed by atoms with van der Waals surface area (Å²) in [5, 5.41) is 6.38. The Kier molecular flexibility index (Phi) is 13.8. The van der Waals surface area contributed by atoms with Crippen molar-refractivity contribution in [3.05, 3.63) is 175 Å². The van der Waals surface area contributed by atoms with Crippen LogP contribution < -0.4 is 20.1 Å². The van der Waals surface area contributed by atoms with E-state index in [-0.39, 0.29) is 39.2 Å². The Labute approximate surface area is 344 Å². The lowest BCUT2D eigenvalue weighted by Crippen LogP contribution is -2.12. The van der Waals surface area contributed by atoms with Crippen molar-refractivity contribution >= 4 is 75.9 Å². The summed E-state index contributed by atoms with van der Waals surface area (Å²) in [6.07, 6.45) is 0.324. The number of rotatable bonds is 10. The Morgan fingerprint density at radius 3 is 1.42 bits per heavy atom. The maximum atomic E-state index is 14.5. The van der Waals surface area contributed by atoms with Gasteiger partial charge in [-0.15, -0.1) is 0 Å². The lowest BCUT2D eigenvalue weighted by Gasteiger charge is -2.12. The predicted molar refractivity (Wildman–Crippen MR) is 215 cm³/mol. The smallest absolute Gasteiger partial charge is 0.255 e. The molecule has 1 fully saturated rings. The highest BCUT2D eigenvalue weighted by Gasteiger charge is 2.18. The average Bonchev–Trinajstić information content (AvgIpc) is 3.75. The van der Waals surface area contributed by atoms with Gasteiger partial charge in [-0.3, -0.25) is 14.4 Å². The minimum atomic E-state index is -0.651. The average molecular weight is 853 g/mol. The number of hydrogen-bond donors (Lipinski definition) is 2. The Hall–Kier alpha value is -5.53. The zero-order valence-electron chi connectivity index (χ0n) is 29.2. The quantitative estimate of drug-likeness (QED) is 0.132. The van der Waals surface area contributed by atoms with Gasteiger partial charge in [0.15, 0.2) is 29.4 Å². The van der Waals surface area contributed by atoms with Gasteiger partial charge in [0.2, 0.25) is 0 Å². The third kappa shape index (κ3) is 11.1. The molecule has 7 rings (SSSR count). The van der Waals surface area contributed by atoms with E-state index >= 15 is 0 Å². The lowest BCUT2D eigenvalue weighted by atomic mass is 10.2. The Morgan fingerprint density at radius 1 is 0.579 bits per heavy atom. The van der Waals surface area contributed by atoms with Crippen LogP contribution in [-0.2, 0) is 9.47 Å². The number of anilines is 2. The number of aldehydes is 1. The number of amides is 2. The van der Waals surface area contributed by atoms with E-state index in [9.17, 15) is 23.2 Å². The molecule has 0 spiro atoms. The number of hydrogen-bond acceptors (Lipinski definition) is 7. The molecule has 57 heavy (non-hydrogen) atoms. The monoisotopic (exact) mass is 850 g/mol. The standard InChI is InChI=1S/C22H16Cl2FNO4.C20H12Cl2FNO3/c23-17-7-3-14(11-18(17)24)21(27)26-15-4-8-20(19(25)12-15)30-16-5-1-13(2-6-16)22-28-9-10-29-22;21-16-7-3-13(9-17(16)22)20(26)24-14-4-8-19(18(23)10-14)27-15-5-1-12(11-25)2-6-15/h1-8,11-12,22H,9-10H2,(H,26,27);1-11H,(H,24,26). The number of halogens is 6. The van der Waals surface area contributed by atoms with Crippen molar-refractivity contribution in [2.45, 2.75) is 6.29 Å². The highest BCUT2D eigenvalue weighted by Crippen LogP contribution is 2.31. The van der Waals surface area contributed by atoms with Crippen LogP contribution in [0.4, 0.5) is 20.2 Å². The molecular weight excluding hydrogens is 824 g/mol. The zero-order valence-corrected chi connectivity index (χ0v) is 32.3. The SMILES string of the molecule is O=C(Nc1ccc(Oc2ccc(C3OCCO3)cc2)c(F)c1)c1ccc(Cl)c(Cl)c1.O=Cc1ccc(Oc2ccc(NC(=O)c3ccc(Cl)c(Cl)c3)cc2F)cc1. The first-order chi connectivity index (χ1) is 27.4. The molecule has 6 aromatic rings. The molecule has 0 unspecified atom stereocenters. The van der Waals surface area contributed by atoms with Crippen molar-refractivity contribution in [2.24, 2.45) is 0 Å². The summed E-state index contributed by atoms with van der Waals surface area (Å²) in [6.45, 7) is 1.12. The number of benzene rings is 6. The third-order valence-corrected chi connectivity index (χ3v) is 9.47. The number of carbonyl (C=O) groups excluding carboxylic acids is 3. The molecule has 2 amide bonds. The van der Waals surface area contributed by atoms with Gasteiger partial charge in [0.05, 0.1) is 33.3 Å². The van der Waals surface area contributed by atoms with Crippen LogP contribution in [0.2, 0.25) is 20.1 Å². The fraction of sp³-hybridized carbons (Fsp3) is 0.0714. The summed E-state index contributed by atoms with van der Waals surface area (Å²) in [5.74, 6) is -1.30. The van der Waals surface area contributed by atoms with E-state index in [2.05, 4.69) is 10.6 Å². The van der Waals surface area contributed by atoms with Crippen LogP contribution in [0.1, 0.15) is 42.9 Å². The zero-order chi connectivity index (χ0) is 40.5. The lowest BCUT2D eigenvalue weighted by molar-refractivity contribution is -0.0441. The molecule has 1 heterocycles. The van der Waals surface area contributed by atoms with Crippen molar-refractivity contribution in [3.8, 4) is 23.0 Å². The molecule has 9 nitrogen and oxygen atoms in total. The largest absolute Gasteiger partial charge is 0.454 e. The normalized spacial score (nSPS) is 12.2. The predicted octanol–water partition coefficient (Wildman–Crippen LogP) is 12.2. The molecule has 2 N–H and O–H groups in total. The first-order valence-electron chi connectivity index (χ1n) is 16.8. The van der Waals surface area contributed by atoms with Crippen LogP contribution in [0.5, 0.6) is 23.0 Å². The van der Waals surface area contributed by atoms with Gasteiger partial charge < -0.3 is 29.6 Å². The van der Waals surface area contributed by atoms with Gasteiger partial charge in [-0.2, -0.15) is 0 Å². The fourth-order valence-corrected chi connectivity index (χ4v) is 5.71. The fourth-order valence-electron chi connectivity index (χ4n) is 5.12. The maximum Gasteiger partial charge on any atom is 0.255 e. The van der Waals surface area contributed by atoms with E-state index in [4.69, 9.17) is 65.4 Å². The van der Waals surface area contributed by atoms with Gasteiger partial charge in [0.1, 0.15) is 17.8 Å². The maximum absolute atomic E-state index is 14.5. The van der Waals surface area contributed by atoms with Gasteiger partial charge in [-0.1, -0.05) is 58.5 Å². The second-order valence-electron chi connectivity index (χ2n) is 12.0. The Morgan fingerprint density at radius 2 is 1.02 bits per heavy atom. The molecule has 0 aromatic heterocycles. The van der Waals surface area contributed by atoms with E-state index < -0.39 is 23.4 Å². The van der Waals surface area contributed by atoms with Crippen LogP contribution in [-0.4, -0.2) is 31.3 Å². The molecule has 0 aliphatic carbocycles. The second kappa shape index (κ2) is 19.1. The topological polar surface area (TPSA) is 112 Å². The molecule has 290 valence electrons. The summed E-state index contributed by atoms with van der Waals surface area (Å²) in [6, 6.07) is 30.4. The van der Waals surface area contributed by atoms with Gasteiger partial charge >= 0.3 is 0 Å². The van der Waals surface area contributed by atoms with E-state index in [0.29, 0.717) is 57.7 Å². The molecule has 0 radical (unpaired) electrons.